The van der Waals surface area contributed by atoms with E-state index in [2.05, 4.69) is 27.1 Å². The fraction of sp³-hybridized carbons (Fsp3) is 0.517. The topological polar surface area (TPSA) is 125 Å². The summed E-state index contributed by atoms with van der Waals surface area (Å²) in [4.78, 5) is 29.0. The van der Waals surface area contributed by atoms with Crippen molar-refractivity contribution < 1.29 is 18.0 Å². The van der Waals surface area contributed by atoms with Crippen LogP contribution in [0.2, 0.25) is 0 Å². The molecule has 4 N–H and O–H groups in total. The van der Waals surface area contributed by atoms with Crippen LogP contribution < -0.4 is 20.7 Å². The number of nitrogens with one attached hydrogen (secondary N) is 2. The number of amides is 3. The van der Waals surface area contributed by atoms with E-state index < -0.39 is 22.0 Å². The molecule has 2 aliphatic heterocycles. The van der Waals surface area contributed by atoms with Gasteiger partial charge in [0.25, 0.3) is 0 Å². The number of nitrogens with two attached hydrogens (primary N) is 1. The van der Waals surface area contributed by atoms with E-state index in [1.165, 1.54) is 11.6 Å². The van der Waals surface area contributed by atoms with Gasteiger partial charge in [0, 0.05) is 31.4 Å². The molecule has 39 heavy (non-hydrogen) atoms. The largest absolute Gasteiger partial charge is 0.368 e. The fourth-order valence-electron chi connectivity index (χ4n) is 5.51. The number of anilines is 2. The minimum absolute atomic E-state index is 0.0332. The van der Waals surface area contributed by atoms with E-state index in [1.54, 1.807) is 30.9 Å². The summed E-state index contributed by atoms with van der Waals surface area (Å²) in [5.41, 5.74) is 7.70. The Hall–Kier alpha value is -3.11. The van der Waals surface area contributed by atoms with Gasteiger partial charge < -0.3 is 20.9 Å². The lowest BCUT2D eigenvalue weighted by Crippen LogP contribution is -2.48. The lowest BCUT2D eigenvalue weighted by atomic mass is 9.95. The van der Waals surface area contributed by atoms with Crippen LogP contribution in [0.1, 0.15) is 57.9 Å². The van der Waals surface area contributed by atoms with Gasteiger partial charge in [0.2, 0.25) is 15.9 Å². The van der Waals surface area contributed by atoms with E-state index in [-0.39, 0.29) is 22.9 Å². The molecule has 0 saturated carbocycles. The molecule has 0 aromatic heterocycles. The lowest BCUT2D eigenvalue weighted by Gasteiger charge is -2.39. The number of carbonyl (C=O) groups excluding carboxylic acids is 2. The normalized spacial score (nSPS) is 19.1. The second-order valence-corrected chi connectivity index (χ2v) is 12.6. The molecule has 4 rings (SSSR count). The van der Waals surface area contributed by atoms with E-state index in [4.69, 9.17) is 5.73 Å². The second-order valence-electron chi connectivity index (χ2n) is 10.9. The number of primary amides is 1. The van der Waals surface area contributed by atoms with Gasteiger partial charge in [0.05, 0.1) is 5.69 Å². The molecule has 2 atom stereocenters. The Balaban J connectivity index is 1.70. The van der Waals surface area contributed by atoms with Crippen LogP contribution in [-0.2, 0) is 21.2 Å². The number of likely N-dealkylation sites (tertiary alicyclic amines) is 1. The Labute approximate surface area is 232 Å². The van der Waals surface area contributed by atoms with Crippen molar-refractivity contribution in [3.8, 4) is 0 Å². The SMILES string of the molecule is CC(C)C(NS(=O)(=O)c1cc(NC(=O)N2CCCCC2)ccc1N1CCCCC1Cc1ccccc1)C(N)=O. The molecule has 9 nitrogen and oxygen atoms in total. The van der Waals surface area contributed by atoms with Crippen molar-refractivity contribution in [2.45, 2.75) is 75.8 Å². The molecule has 2 aromatic rings. The predicted molar refractivity (Wildman–Crippen MR) is 154 cm³/mol. The van der Waals surface area contributed by atoms with Crippen molar-refractivity contribution in [2.24, 2.45) is 11.7 Å². The van der Waals surface area contributed by atoms with Gasteiger partial charge in [0.15, 0.2) is 0 Å². The fourth-order valence-corrected chi connectivity index (χ4v) is 7.11. The summed E-state index contributed by atoms with van der Waals surface area (Å²) in [6, 6.07) is 14.0. The maximum absolute atomic E-state index is 13.9. The van der Waals surface area contributed by atoms with Crippen LogP contribution >= 0.6 is 0 Å². The lowest BCUT2D eigenvalue weighted by molar-refractivity contribution is -0.120. The third-order valence-electron chi connectivity index (χ3n) is 7.65. The smallest absolute Gasteiger partial charge is 0.321 e. The Bertz CT molecular complexity index is 1250. The van der Waals surface area contributed by atoms with Crippen molar-refractivity contribution in [2.75, 3.05) is 29.9 Å². The highest BCUT2D eigenvalue weighted by Gasteiger charge is 2.32. The Morgan fingerprint density at radius 2 is 1.67 bits per heavy atom. The van der Waals surface area contributed by atoms with Gasteiger partial charge >= 0.3 is 6.03 Å². The second kappa shape index (κ2) is 12.8. The maximum Gasteiger partial charge on any atom is 0.321 e. The molecule has 2 aromatic carbocycles. The summed E-state index contributed by atoms with van der Waals surface area (Å²) in [7, 11) is -4.17. The minimum atomic E-state index is -4.17. The van der Waals surface area contributed by atoms with E-state index in [0.29, 0.717) is 31.0 Å². The predicted octanol–water partition coefficient (Wildman–Crippen LogP) is 4.09. The average molecular weight is 556 g/mol. The van der Waals surface area contributed by atoms with Gasteiger partial charge in [-0.2, -0.15) is 4.72 Å². The number of carbonyl (C=O) groups is 2. The summed E-state index contributed by atoms with van der Waals surface area (Å²) >= 11 is 0. The number of hydrogen-bond donors (Lipinski definition) is 3. The first kappa shape index (κ1) is 28.9. The Kier molecular flexibility index (Phi) is 9.50. The first-order chi connectivity index (χ1) is 18.7. The third kappa shape index (κ3) is 7.30. The zero-order valence-electron chi connectivity index (χ0n) is 22.9. The third-order valence-corrected chi connectivity index (χ3v) is 9.12. The van der Waals surface area contributed by atoms with E-state index in [1.807, 2.05) is 18.2 Å². The highest BCUT2D eigenvalue weighted by molar-refractivity contribution is 7.89. The summed E-state index contributed by atoms with van der Waals surface area (Å²) in [5, 5.41) is 2.89. The van der Waals surface area contributed by atoms with Crippen LogP contribution in [0, 0.1) is 5.92 Å². The first-order valence-electron chi connectivity index (χ1n) is 14.0. The molecule has 0 spiro atoms. The highest BCUT2D eigenvalue weighted by Crippen LogP contribution is 2.34. The minimum Gasteiger partial charge on any atom is -0.368 e. The number of sulfonamides is 1. The number of hydrogen-bond acceptors (Lipinski definition) is 5. The molecular formula is C29H41N5O4S. The summed E-state index contributed by atoms with van der Waals surface area (Å²) in [6.45, 7) is 5.56. The van der Waals surface area contributed by atoms with E-state index in [0.717, 1.165) is 44.9 Å². The monoisotopic (exact) mass is 555 g/mol. The highest BCUT2D eigenvalue weighted by atomic mass is 32.2. The van der Waals surface area contributed by atoms with Gasteiger partial charge in [-0.3, -0.25) is 4.79 Å². The van der Waals surface area contributed by atoms with Crippen LogP contribution in [0.5, 0.6) is 0 Å². The summed E-state index contributed by atoms with van der Waals surface area (Å²) < 4.78 is 30.2. The van der Waals surface area contributed by atoms with Crippen LogP contribution in [0.3, 0.4) is 0 Å². The van der Waals surface area contributed by atoms with Gasteiger partial charge in [-0.25, -0.2) is 13.2 Å². The van der Waals surface area contributed by atoms with Crippen molar-refractivity contribution in [3.63, 3.8) is 0 Å². The molecule has 10 heteroatoms. The molecule has 0 radical (unpaired) electrons. The number of rotatable bonds is 9. The van der Waals surface area contributed by atoms with Gasteiger partial charge in [-0.15, -0.1) is 0 Å². The number of nitrogens with zero attached hydrogens (tertiary/aromatic N) is 2. The van der Waals surface area contributed by atoms with E-state index >= 15 is 0 Å². The maximum atomic E-state index is 13.9. The van der Waals surface area contributed by atoms with Crippen molar-refractivity contribution >= 4 is 33.3 Å². The molecule has 2 aliphatic rings. The molecule has 2 unspecified atom stereocenters. The number of urea groups is 1. The van der Waals surface area contributed by atoms with Gasteiger partial charge in [-0.05, 0) is 74.6 Å². The van der Waals surface area contributed by atoms with E-state index in [9.17, 15) is 18.0 Å². The number of benzene rings is 2. The zero-order valence-corrected chi connectivity index (χ0v) is 23.8. The average Bonchev–Trinajstić information content (AvgIpc) is 2.93. The van der Waals surface area contributed by atoms with Crippen molar-refractivity contribution in [3.05, 3.63) is 54.1 Å². The molecule has 0 bridgehead atoms. The van der Waals surface area contributed by atoms with Crippen LogP contribution in [0.4, 0.5) is 16.2 Å². The standard InChI is InChI=1S/C29H41N5O4S/c1-21(2)27(28(30)35)32-39(37,38)26-20-23(31-29(36)33-16-8-4-9-17-33)14-15-25(26)34-18-10-7-13-24(34)19-22-11-5-3-6-12-22/h3,5-6,11-12,14-15,20-21,24,27,32H,4,7-10,13,16-19H2,1-2H3,(H2,30,35)(H,31,36). The molecular weight excluding hydrogens is 514 g/mol. The van der Waals surface area contributed by atoms with Crippen LogP contribution in [0.25, 0.3) is 0 Å². The number of piperidine rings is 2. The van der Waals surface area contributed by atoms with Crippen LogP contribution in [0.15, 0.2) is 53.4 Å². The molecule has 3 amide bonds. The Morgan fingerprint density at radius 3 is 2.33 bits per heavy atom. The first-order valence-corrected chi connectivity index (χ1v) is 15.5. The van der Waals surface area contributed by atoms with Crippen molar-refractivity contribution in [1.82, 2.24) is 9.62 Å². The quantitative estimate of drug-likeness (QED) is 0.430. The summed E-state index contributed by atoms with van der Waals surface area (Å²) in [6.07, 6.45) is 6.75. The molecule has 2 fully saturated rings. The van der Waals surface area contributed by atoms with Crippen LogP contribution in [-0.4, -0.2) is 57.0 Å². The van der Waals surface area contributed by atoms with Gasteiger partial charge in [0.1, 0.15) is 10.9 Å². The molecule has 2 heterocycles. The molecule has 0 aliphatic carbocycles. The van der Waals surface area contributed by atoms with Gasteiger partial charge in [-0.1, -0.05) is 44.2 Å². The Morgan fingerprint density at radius 1 is 0.974 bits per heavy atom. The summed E-state index contributed by atoms with van der Waals surface area (Å²) in [5.74, 6) is -1.06. The zero-order chi connectivity index (χ0) is 28.0. The molecule has 2 saturated heterocycles. The van der Waals surface area contributed by atoms with Crippen molar-refractivity contribution in [1.29, 1.82) is 0 Å². The molecule has 212 valence electrons.